The molecule has 0 heterocycles. The van der Waals surface area contributed by atoms with Crippen molar-refractivity contribution in [2.24, 2.45) is 10.9 Å². The first-order valence-electron chi connectivity index (χ1n) is 3.82. The van der Waals surface area contributed by atoms with E-state index < -0.39 is 0 Å². The Bertz CT molecular complexity index is 175. The zero-order valence-corrected chi connectivity index (χ0v) is 6.96. The number of hydrogen-bond acceptors (Lipinski definition) is 3. The Balaban J connectivity index is 2.37. The second-order valence-corrected chi connectivity index (χ2v) is 3.45. The molecule has 0 aromatic heterocycles. The zero-order chi connectivity index (χ0) is 8.48. The Hall–Kier alpha value is -0.770. The molecule has 0 spiro atoms. The van der Waals surface area contributed by atoms with Crippen molar-refractivity contribution in [3.63, 3.8) is 0 Å². The van der Waals surface area contributed by atoms with Gasteiger partial charge in [-0.1, -0.05) is 5.16 Å². The first-order valence-corrected chi connectivity index (χ1v) is 3.82. The van der Waals surface area contributed by atoms with E-state index >= 15 is 0 Å². The van der Waals surface area contributed by atoms with E-state index in [4.69, 9.17) is 10.9 Å². The first-order chi connectivity index (χ1) is 5.07. The quantitative estimate of drug-likeness (QED) is 0.238. The van der Waals surface area contributed by atoms with Crippen LogP contribution in [0.1, 0.15) is 26.7 Å². The van der Waals surface area contributed by atoms with Crippen molar-refractivity contribution in [1.29, 1.82) is 0 Å². The van der Waals surface area contributed by atoms with Crippen LogP contribution in [0.4, 0.5) is 0 Å². The summed E-state index contributed by atoms with van der Waals surface area (Å²) in [6.07, 6.45) is 2.35. The van der Waals surface area contributed by atoms with Crippen molar-refractivity contribution in [3.05, 3.63) is 0 Å². The van der Waals surface area contributed by atoms with Gasteiger partial charge in [-0.25, -0.2) is 0 Å². The molecule has 4 nitrogen and oxygen atoms in total. The molecule has 0 radical (unpaired) electrons. The van der Waals surface area contributed by atoms with Crippen LogP contribution < -0.4 is 11.1 Å². The molecule has 0 aromatic rings. The van der Waals surface area contributed by atoms with Crippen LogP contribution in [0.25, 0.3) is 0 Å². The minimum absolute atomic E-state index is 0.0347. The maximum atomic E-state index is 8.35. The van der Waals surface area contributed by atoms with Crippen LogP contribution in [-0.4, -0.2) is 22.6 Å². The highest BCUT2D eigenvalue weighted by molar-refractivity contribution is 5.84. The fourth-order valence-electron chi connectivity index (χ4n) is 1.02. The van der Waals surface area contributed by atoms with Gasteiger partial charge in [-0.3, -0.25) is 0 Å². The summed E-state index contributed by atoms with van der Waals surface area (Å²) in [5.41, 5.74) is 5.62. The van der Waals surface area contributed by atoms with E-state index in [-0.39, 0.29) is 17.4 Å². The van der Waals surface area contributed by atoms with Crippen molar-refractivity contribution >= 4 is 5.84 Å². The molecule has 11 heavy (non-hydrogen) atoms. The van der Waals surface area contributed by atoms with Crippen LogP contribution in [0.3, 0.4) is 0 Å². The molecule has 0 aliphatic heterocycles. The van der Waals surface area contributed by atoms with Crippen molar-refractivity contribution in [2.75, 3.05) is 0 Å². The highest BCUT2D eigenvalue weighted by atomic mass is 16.4. The molecule has 1 rings (SSSR count). The molecule has 1 fully saturated rings. The van der Waals surface area contributed by atoms with Gasteiger partial charge < -0.3 is 16.3 Å². The number of rotatable bonds is 3. The molecule has 0 aromatic carbocycles. The fourth-order valence-corrected chi connectivity index (χ4v) is 1.02. The van der Waals surface area contributed by atoms with Gasteiger partial charge in [0, 0.05) is 5.54 Å². The second kappa shape index (κ2) is 2.70. The maximum Gasteiger partial charge on any atom is 0.156 e. The molecule has 1 atom stereocenters. The summed E-state index contributed by atoms with van der Waals surface area (Å²) in [6, 6.07) is -0.0347. The lowest BCUT2D eigenvalue weighted by Crippen LogP contribution is -2.44. The number of oxime groups is 1. The molecule has 4 heteroatoms. The van der Waals surface area contributed by atoms with Gasteiger partial charge in [-0.05, 0) is 26.7 Å². The average Bonchev–Trinajstić information content (AvgIpc) is 2.66. The summed E-state index contributed by atoms with van der Waals surface area (Å²) in [7, 11) is 0. The molecule has 1 aliphatic rings. The van der Waals surface area contributed by atoms with E-state index in [1.165, 1.54) is 12.8 Å². The summed E-state index contributed by atoms with van der Waals surface area (Å²) in [4.78, 5) is 0. The van der Waals surface area contributed by atoms with Gasteiger partial charge in [0.05, 0.1) is 6.04 Å². The third kappa shape index (κ3) is 2.08. The zero-order valence-electron chi connectivity index (χ0n) is 6.96. The lowest BCUT2D eigenvalue weighted by molar-refractivity contribution is 0.314. The summed E-state index contributed by atoms with van der Waals surface area (Å²) < 4.78 is 0. The number of nitrogens with one attached hydrogen (secondary N) is 1. The van der Waals surface area contributed by atoms with Crippen LogP contribution in [-0.2, 0) is 0 Å². The Morgan fingerprint density at radius 2 is 2.27 bits per heavy atom. The molecule has 1 unspecified atom stereocenters. The molecule has 0 bridgehead atoms. The van der Waals surface area contributed by atoms with Crippen molar-refractivity contribution in [3.8, 4) is 0 Å². The lowest BCUT2D eigenvalue weighted by atomic mass is 10.2. The second-order valence-electron chi connectivity index (χ2n) is 3.45. The van der Waals surface area contributed by atoms with Crippen LogP contribution in [0.2, 0.25) is 0 Å². The number of hydrogen-bond donors (Lipinski definition) is 3. The largest absolute Gasteiger partial charge is 0.409 e. The Kier molecular flexibility index (Phi) is 2.04. The fraction of sp³-hybridized carbons (Fsp3) is 0.857. The molecular weight excluding hydrogens is 142 g/mol. The van der Waals surface area contributed by atoms with Gasteiger partial charge in [0.2, 0.25) is 0 Å². The van der Waals surface area contributed by atoms with E-state index in [0.717, 1.165) is 0 Å². The molecule has 0 amide bonds. The van der Waals surface area contributed by atoms with Crippen molar-refractivity contribution in [2.45, 2.75) is 38.3 Å². The monoisotopic (exact) mass is 157 g/mol. The van der Waals surface area contributed by atoms with E-state index in [1.807, 2.05) is 6.92 Å². The van der Waals surface area contributed by atoms with Gasteiger partial charge >= 0.3 is 0 Å². The van der Waals surface area contributed by atoms with E-state index in [2.05, 4.69) is 17.4 Å². The Morgan fingerprint density at radius 1 is 1.73 bits per heavy atom. The van der Waals surface area contributed by atoms with Crippen LogP contribution in [0, 0.1) is 0 Å². The molecule has 64 valence electrons. The van der Waals surface area contributed by atoms with Crippen LogP contribution in [0.5, 0.6) is 0 Å². The number of nitrogens with zero attached hydrogens (tertiary/aromatic N) is 1. The average molecular weight is 157 g/mol. The van der Waals surface area contributed by atoms with E-state index in [0.29, 0.717) is 0 Å². The minimum atomic E-state index is -0.0347. The molecule has 0 saturated heterocycles. The summed E-state index contributed by atoms with van der Waals surface area (Å²) in [5, 5.41) is 14.5. The highest BCUT2D eigenvalue weighted by Crippen LogP contribution is 2.34. The lowest BCUT2D eigenvalue weighted by Gasteiger charge is -2.17. The third-order valence-corrected chi connectivity index (χ3v) is 2.12. The van der Waals surface area contributed by atoms with Gasteiger partial charge in [0.1, 0.15) is 0 Å². The first kappa shape index (κ1) is 8.33. The molecule has 4 N–H and O–H groups in total. The summed E-state index contributed by atoms with van der Waals surface area (Å²) in [5.74, 6) is 0.248. The molecule has 1 aliphatic carbocycles. The summed E-state index contributed by atoms with van der Waals surface area (Å²) >= 11 is 0. The number of nitrogens with two attached hydrogens (primary N) is 1. The molecular formula is C7H15N3O. The molecule has 1 saturated carbocycles. The third-order valence-electron chi connectivity index (χ3n) is 2.12. The van der Waals surface area contributed by atoms with Crippen molar-refractivity contribution in [1.82, 2.24) is 5.32 Å². The van der Waals surface area contributed by atoms with Crippen molar-refractivity contribution < 1.29 is 5.21 Å². The van der Waals surface area contributed by atoms with Crippen LogP contribution >= 0.6 is 0 Å². The van der Waals surface area contributed by atoms with Crippen LogP contribution in [0.15, 0.2) is 5.16 Å². The number of amidine groups is 1. The standard InChI is InChI=1S/C7H15N3O/c1-5(6(8)10-11)9-7(2)3-4-7/h5,9,11H,3-4H2,1-2H3,(H2,8,10). The van der Waals surface area contributed by atoms with Gasteiger partial charge in [-0.2, -0.15) is 0 Å². The van der Waals surface area contributed by atoms with E-state index in [1.54, 1.807) is 0 Å². The Labute approximate surface area is 66.5 Å². The van der Waals surface area contributed by atoms with Gasteiger partial charge in [0.15, 0.2) is 5.84 Å². The maximum absolute atomic E-state index is 8.35. The predicted octanol–water partition coefficient (Wildman–Crippen LogP) is 0.263. The smallest absolute Gasteiger partial charge is 0.156 e. The summed E-state index contributed by atoms with van der Waals surface area (Å²) in [6.45, 7) is 4.02. The van der Waals surface area contributed by atoms with E-state index in [9.17, 15) is 0 Å². The normalized spacial score (nSPS) is 24.7. The van der Waals surface area contributed by atoms with Gasteiger partial charge in [-0.15, -0.1) is 0 Å². The SMILES string of the molecule is CC(NC1(C)CC1)/C(N)=N/O. The minimum Gasteiger partial charge on any atom is -0.409 e. The topological polar surface area (TPSA) is 70.6 Å². The highest BCUT2D eigenvalue weighted by Gasteiger charge is 2.38. The Morgan fingerprint density at radius 3 is 2.64 bits per heavy atom. The predicted molar refractivity (Wildman–Crippen MR) is 43.6 cm³/mol. The van der Waals surface area contributed by atoms with Gasteiger partial charge in [0.25, 0.3) is 0 Å².